The van der Waals surface area contributed by atoms with E-state index in [0.29, 0.717) is 18.1 Å². The van der Waals surface area contributed by atoms with Crippen molar-refractivity contribution >= 4 is 11.8 Å². The van der Waals surface area contributed by atoms with Gasteiger partial charge in [0, 0.05) is 11.6 Å². The van der Waals surface area contributed by atoms with E-state index in [1.165, 1.54) is 19.3 Å². The van der Waals surface area contributed by atoms with Crippen LogP contribution in [0, 0.1) is 5.92 Å². The van der Waals surface area contributed by atoms with E-state index in [1.807, 2.05) is 18.2 Å². The van der Waals surface area contributed by atoms with Gasteiger partial charge in [-0.1, -0.05) is 50.1 Å². The summed E-state index contributed by atoms with van der Waals surface area (Å²) in [6, 6.07) is 8.94. The topological polar surface area (TPSA) is 55.4 Å². The maximum Gasteiger partial charge on any atom is 0.307 e. The van der Waals surface area contributed by atoms with Gasteiger partial charge in [0.2, 0.25) is 0 Å². The molecule has 23 heavy (non-hydrogen) atoms. The summed E-state index contributed by atoms with van der Waals surface area (Å²) in [6.45, 7) is 4.33. The van der Waals surface area contributed by atoms with Crippen LogP contribution in [0.3, 0.4) is 0 Å². The standard InChI is InChI=1S/C19H27NO3/c1-3-23-18(21)13-17(19(22)15-10-5-4-6-11-15)20-16-12-8-7-9-14(16)2/h4-6,10-11,14,16-17,20H,3,7-9,12-13H2,1-2H3. The molecule has 4 heteroatoms. The molecular weight excluding hydrogens is 290 g/mol. The molecule has 126 valence electrons. The second-order valence-electron chi connectivity index (χ2n) is 6.33. The van der Waals surface area contributed by atoms with Crippen LogP contribution in [0.25, 0.3) is 0 Å². The number of esters is 1. The molecule has 1 aromatic carbocycles. The molecule has 1 aliphatic carbocycles. The van der Waals surface area contributed by atoms with E-state index >= 15 is 0 Å². The van der Waals surface area contributed by atoms with Crippen molar-refractivity contribution in [1.82, 2.24) is 5.32 Å². The highest BCUT2D eigenvalue weighted by atomic mass is 16.5. The minimum atomic E-state index is -0.512. The fourth-order valence-electron chi connectivity index (χ4n) is 3.24. The zero-order chi connectivity index (χ0) is 16.7. The molecule has 3 unspecified atom stereocenters. The van der Waals surface area contributed by atoms with E-state index in [-0.39, 0.29) is 24.2 Å². The Bertz CT molecular complexity index is 515. The lowest BCUT2D eigenvalue weighted by Crippen LogP contribution is -2.48. The minimum absolute atomic E-state index is 0.0311. The number of ether oxygens (including phenoxy) is 1. The molecule has 1 saturated carbocycles. The predicted molar refractivity (Wildman–Crippen MR) is 90.4 cm³/mol. The van der Waals surface area contributed by atoms with Crippen molar-refractivity contribution in [3.63, 3.8) is 0 Å². The Labute approximate surface area is 138 Å². The van der Waals surface area contributed by atoms with Crippen LogP contribution < -0.4 is 5.32 Å². The summed E-state index contributed by atoms with van der Waals surface area (Å²) in [6.07, 6.45) is 4.73. The van der Waals surface area contributed by atoms with Gasteiger partial charge < -0.3 is 10.1 Å². The van der Waals surface area contributed by atoms with Crippen LogP contribution in [0.2, 0.25) is 0 Å². The number of carbonyl (C=O) groups excluding carboxylic acids is 2. The summed E-state index contributed by atoms with van der Waals surface area (Å²) in [5.41, 5.74) is 0.637. The molecule has 0 bridgehead atoms. The van der Waals surface area contributed by atoms with Gasteiger partial charge in [0.25, 0.3) is 0 Å². The molecule has 2 rings (SSSR count). The fraction of sp³-hybridized carbons (Fsp3) is 0.579. The predicted octanol–water partition coefficient (Wildman–Crippen LogP) is 3.36. The number of rotatable bonds is 7. The first-order valence-electron chi connectivity index (χ1n) is 8.62. The number of ketones is 1. The Kier molecular flexibility index (Phi) is 6.78. The molecular formula is C19H27NO3. The van der Waals surface area contributed by atoms with E-state index < -0.39 is 6.04 Å². The quantitative estimate of drug-likeness (QED) is 0.619. The number of Topliss-reactive ketones (excluding diaryl/α,β-unsaturated/α-hetero) is 1. The highest BCUT2D eigenvalue weighted by Crippen LogP contribution is 2.25. The largest absolute Gasteiger partial charge is 0.466 e. The average Bonchev–Trinajstić information content (AvgIpc) is 2.56. The zero-order valence-corrected chi connectivity index (χ0v) is 14.1. The first-order valence-corrected chi connectivity index (χ1v) is 8.62. The molecule has 4 nitrogen and oxygen atoms in total. The second-order valence-corrected chi connectivity index (χ2v) is 6.33. The molecule has 0 spiro atoms. The Hall–Kier alpha value is -1.68. The second kappa shape index (κ2) is 8.82. The Balaban J connectivity index is 2.10. The molecule has 1 aromatic rings. The number of benzene rings is 1. The normalized spacial score (nSPS) is 22.3. The number of carbonyl (C=O) groups is 2. The van der Waals surface area contributed by atoms with Crippen LogP contribution in [0.1, 0.15) is 56.3 Å². The minimum Gasteiger partial charge on any atom is -0.466 e. The van der Waals surface area contributed by atoms with Crippen molar-refractivity contribution < 1.29 is 14.3 Å². The van der Waals surface area contributed by atoms with Gasteiger partial charge in [-0.05, 0) is 25.7 Å². The van der Waals surface area contributed by atoms with Gasteiger partial charge in [0.15, 0.2) is 5.78 Å². The van der Waals surface area contributed by atoms with Gasteiger partial charge in [-0.3, -0.25) is 9.59 Å². The summed E-state index contributed by atoms with van der Waals surface area (Å²) >= 11 is 0. The lowest BCUT2D eigenvalue weighted by molar-refractivity contribution is -0.143. The van der Waals surface area contributed by atoms with E-state index in [4.69, 9.17) is 4.74 Å². The molecule has 0 saturated heterocycles. The lowest BCUT2D eigenvalue weighted by Gasteiger charge is -2.32. The molecule has 0 radical (unpaired) electrons. The third-order valence-electron chi connectivity index (χ3n) is 4.58. The van der Waals surface area contributed by atoms with Crippen molar-refractivity contribution in [1.29, 1.82) is 0 Å². The Morgan fingerprint density at radius 2 is 1.91 bits per heavy atom. The molecule has 1 aliphatic rings. The van der Waals surface area contributed by atoms with Crippen molar-refractivity contribution in [3.05, 3.63) is 35.9 Å². The van der Waals surface area contributed by atoms with Crippen LogP contribution in [0.4, 0.5) is 0 Å². The maximum atomic E-state index is 12.8. The number of hydrogen-bond acceptors (Lipinski definition) is 4. The zero-order valence-electron chi connectivity index (χ0n) is 14.1. The third kappa shape index (κ3) is 5.17. The molecule has 0 aromatic heterocycles. The molecule has 1 fully saturated rings. The van der Waals surface area contributed by atoms with E-state index in [9.17, 15) is 9.59 Å². The summed E-state index contributed by atoms with van der Waals surface area (Å²) in [5.74, 6) is 0.172. The maximum absolute atomic E-state index is 12.8. The van der Waals surface area contributed by atoms with Crippen molar-refractivity contribution in [2.45, 2.75) is 58.0 Å². The Morgan fingerprint density at radius 1 is 1.22 bits per heavy atom. The van der Waals surface area contributed by atoms with Crippen LogP contribution in [0.5, 0.6) is 0 Å². The first kappa shape index (κ1) is 17.7. The van der Waals surface area contributed by atoms with Gasteiger partial charge in [-0.25, -0.2) is 0 Å². The van der Waals surface area contributed by atoms with E-state index in [0.717, 1.165) is 6.42 Å². The van der Waals surface area contributed by atoms with Crippen LogP contribution in [-0.4, -0.2) is 30.4 Å². The van der Waals surface area contributed by atoms with Gasteiger partial charge in [-0.15, -0.1) is 0 Å². The first-order chi connectivity index (χ1) is 11.1. The van der Waals surface area contributed by atoms with Crippen molar-refractivity contribution in [3.8, 4) is 0 Å². The van der Waals surface area contributed by atoms with Crippen LogP contribution in [-0.2, 0) is 9.53 Å². The SMILES string of the molecule is CCOC(=O)CC(NC1CCCCC1C)C(=O)c1ccccc1. The van der Waals surface area contributed by atoms with Crippen LogP contribution >= 0.6 is 0 Å². The highest BCUT2D eigenvalue weighted by molar-refractivity contribution is 6.01. The lowest BCUT2D eigenvalue weighted by atomic mass is 9.85. The van der Waals surface area contributed by atoms with Gasteiger partial charge >= 0.3 is 5.97 Å². The van der Waals surface area contributed by atoms with Gasteiger partial charge in [0.05, 0.1) is 19.1 Å². The Morgan fingerprint density at radius 3 is 2.57 bits per heavy atom. The van der Waals surface area contributed by atoms with Crippen molar-refractivity contribution in [2.75, 3.05) is 6.61 Å². The third-order valence-corrected chi connectivity index (χ3v) is 4.58. The van der Waals surface area contributed by atoms with E-state index in [2.05, 4.69) is 12.2 Å². The smallest absolute Gasteiger partial charge is 0.307 e. The average molecular weight is 317 g/mol. The number of nitrogens with one attached hydrogen (secondary N) is 1. The molecule has 0 heterocycles. The molecule has 3 atom stereocenters. The monoisotopic (exact) mass is 317 g/mol. The highest BCUT2D eigenvalue weighted by Gasteiger charge is 2.29. The summed E-state index contributed by atoms with van der Waals surface area (Å²) in [4.78, 5) is 24.7. The van der Waals surface area contributed by atoms with Crippen LogP contribution in [0.15, 0.2) is 30.3 Å². The van der Waals surface area contributed by atoms with Crippen molar-refractivity contribution in [2.24, 2.45) is 5.92 Å². The molecule has 0 amide bonds. The molecule has 0 aliphatic heterocycles. The van der Waals surface area contributed by atoms with Gasteiger partial charge in [0.1, 0.15) is 0 Å². The van der Waals surface area contributed by atoms with E-state index in [1.54, 1.807) is 19.1 Å². The fourth-order valence-corrected chi connectivity index (χ4v) is 3.24. The summed E-state index contributed by atoms with van der Waals surface area (Å²) in [7, 11) is 0. The molecule has 1 N–H and O–H groups in total. The van der Waals surface area contributed by atoms with Gasteiger partial charge in [-0.2, -0.15) is 0 Å². The number of hydrogen-bond donors (Lipinski definition) is 1. The summed E-state index contributed by atoms with van der Waals surface area (Å²) in [5, 5.41) is 3.44. The summed E-state index contributed by atoms with van der Waals surface area (Å²) < 4.78 is 5.04.